The molecule has 122 valence electrons. The lowest BCUT2D eigenvalue weighted by Crippen LogP contribution is -2.31. The number of hydrogen-bond acceptors (Lipinski definition) is 3. The monoisotopic (exact) mass is 324 g/mol. The fraction of sp³-hybridized carbons (Fsp3) is 0.188. The lowest BCUT2D eigenvalue weighted by Gasteiger charge is -2.15. The number of para-hydroxylation sites is 2. The maximum Gasteiger partial charge on any atom is 0.418 e. The minimum Gasteiger partial charge on any atom is -0.496 e. The molecule has 0 bridgehead atoms. The number of carbonyl (C=O) groups excluding carboxylic acids is 1. The second kappa shape index (κ2) is 7.04. The summed E-state index contributed by atoms with van der Waals surface area (Å²) in [6.45, 7) is 0. The van der Waals surface area contributed by atoms with Crippen molar-refractivity contribution in [1.82, 2.24) is 5.43 Å². The van der Waals surface area contributed by atoms with E-state index in [-0.39, 0.29) is 12.1 Å². The Kier molecular flexibility index (Phi) is 5.10. The number of hydrogen-bond donors (Lipinski definition) is 2. The number of anilines is 1. The predicted octanol–water partition coefficient (Wildman–Crippen LogP) is 3.40. The molecule has 23 heavy (non-hydrogen) atoms. The lowest BCUT2D eigenvalue weighted by atomic mass is 10.1. The average molecular weight is 324 g/mol. The van der Waals surface area contributed by atoms with Crippen LogP contribution in [0.15, 0.2) is 48.5 Å². The molecule has 0 atom stereocenters. The number of alkyl halides is 3. The molecule has 2 aromatic carbocycles. The van der Waals surface area contributed by atoms with Gasteiger partial charge in [0.1, 0.15) is 5.75 Å². The van der Waals surface area contributed by atoms with Crippen LogP contribution in [0, 0.1) is 0 Å². The molecule has 0 radical (unpaired) electrons. The largest absolute Gasteiger partial charge is 0.496 e. The van der Waals surface area contributed by atoms with E-state index in [4.69, 9.17) is 4.74 Å². The number of methoxy groups -OCH3 is 1. The van der Waals surface area contributed by atoms with Crippen LogP contribution in [0.4, 0.5) is 18.9 Å². The zero-order valence-corrected chi connectivity index (χ0v) is 12.3. The minimum absolute atomic E-state index is 0.0226. The highest BCUT2D eigenvalue weighted by atomic mass is 19.4. The first-order valence-electron chi connectivity index (χ1n) is 6.75. The van der Waals surface area contributed by atoms with Crippen molar-refractivity contribution in [1.29, 1.82) is 0 Å². The van der Waals surface area contributed by atoms with Crippen LogP contribution in [0.3, 0.4) is 0 Å². The first-order chi connectivity index (χ1) is 10.9. The number of rotatable bonds is 5. The molecule has 0 heterocycles. The van der Waals surface area contributed by atoms with E-state index in [1.54, 1.807) is 24.3 Å². The van der Waals surface area contributed by atoms with Crippen LogP contribution >= 0.6 is 0 Å². The predicted molar refractivity (Wildman–Crippen MR) is 79.9 cm³/mol. The van der Waals surface area contributed by atoms with Crippen molar-refractivity contribution in [3.63, 3.8) is 0 Å². The Morgan fingerprint density at radius 2 is 1.74 bits per heavy atom. The fourth-order valence-electron chi connectivity index (χ4n) is 2.04. The third-order valence-corrected chi connectivity index (χ3v) is 3.11. The van der Waals surface area contributed by atoms with Crippen LogP contribution in [-0.2, 0) is 17.4 Å². The highest BCUT2D eigenvalue weighted by Crippen LogP contribution is 2.34. The number of carbonyl (C=O) groups is 1. The van der Waals surface area contributed by atoms with E-state index in [1.165, 1.54) is 25.3 Å². The Morgan fingerprint density at radius 1 is 1.09 bits per heavy atom. The van der Waals surface area contributed by atoms with Gasteiger partial charge in [0, 0.05) is 5.56 Å². The molecule has 0 saturated heterocycles. The lowest BCUT2D eigenvalue weighted by molar-refractivity contribution is -0.137. The molecular weight excluding hydrogens is 309 g/mol. The van der Waals surface area contributed by atoms with Crippen molar-refractivity contribution >= 4 is 11.6 Å². The van der Waals surface area contributed by atoms with Gasteiger partial charge >= 0.3 is 6.18 Å². The number of benzene rings is 2. The number of ether oxygens (including phenoxy) is 1. The summed E-state index contributed by atoms with van der Waals surface area (Å²) >= 11 is 0. The van der Waals surface area contributed by atoms with Gasteiger partial charge < -0.3 is 4.74 Å². The molecule has 2 N–H and O–H groups in total. The van der Waals surface area contributed by atoms with Crippen LogP contribution < -0.4 is 15.6 Å². The second-order valence-electron chi connectivity index (χ2n) is 4.71. The van der Waals surface area contributed by atoms with Gasteiger partial charge in [0.2, 0.25) is 5.91 Å². The van der Waals surface area contributed by atoms with Crippen molar-refractivity contribution < 1.29 is 22.7 Å². The van der Waals surface area contributed by atoms with Crippen LogP contribution in [0.5, 0.6) is 5.75 Å². The number of amides is 1. The smallest absolute Gasteiger partial charge is 0.418 e. The van der Waals surface area contributed by atoms with Gasteiger partial charge in [0.15, 0.2) is 0 Å². The van der Waals surface area contributed by atoms with Gasteiger partial charge in [-0.25, -0.2) is 0 Å². The molecule has 0 aliphatic rings. The first-order valence-corrected chi connectivity index (χ1v) is 6.75. The van der Waals surface area contributed by atoms with Crippen molar-refractivity contribution in [3.05, 3.63) is 59.7 Å². The SMILES string of the molecule is COc1ccccc1CC(=O)NNc1ccccc1C(F)(F)F. The van der Waals surface area contributed by atoms with E-state index in [1.807, 2.05) is 0 Å². The summed E-state index contributed by atoms with van der Waals surface area (Å²) in [5.74, 6) is 0.0600. The van der Waals surface area contributed by atoms with E-state index < -0.39 is 17.6 Å². The Hall–Kier alpha value is -2.70. The molecule has 0 aliphatic carbocycles. The van der Waals surface area contributed by atoms with Crippen molar-refractivity contribution in [2.75, 3.05) is 12.5 Å². The Balaban J connectivity index is 2.03. The maximum absolute atomic E-state index is 12.8. The molecule has 1 amide bonds. The summed E-state index contributed by atoms with van der Waals surface area (Å²) in [5.41, 5.74) is 4.16. The van der Waals surface area contributed by atoms with Crippen molar-refractivity contribution in [2.24, 2.45) is 0 Å². The molecule has 7 heteroatoms. The highest BCUT2D eigenvalue weighted by Gasteiger charge is 2.33. The molecule has 4 nitrogen and oxygen atoms in total. The van der Waals surface area contributed by atoms with Crippen molar-refractivity contribution in [3.8, 4) is 5.75 Å². The van der Waals surface area contributed by atoms with E-state index >= 15 is 0 Å². The van der Waals surface area contributed by atoms with Gasteiger partial charge in [-0.1, -0.05) is 30.3 Å². The molecular formula is C16H15F3N2O2. The van der Waals surface area contributed by atoms with E-state index in [9.17, 15) is 18.0 Å². The molecule has 0 aliphatic heterocycles. The second-order valence-corrected chi connectivity index (χ2v) is 4.71. The van der Waals surface area contributed by atoms with Gasteiger partial charge in [0.25, 0.3) is 0 Å². The van der Waals surface area contributed by atoms with E-state index in [0.29, 0.717) is 11.3 Å². The Labute approximate surface area is 131 Å². The number of hydrazine groups is 1. The normalized spacial score (nSPS) is 11.0. The number of nitrogens with one attached hydrogen (secondary N) is 2. The molecule has 2 aromatic rings. The van der Waals surface area contributed by atoms with Crippen LogP contribution in [-0.4, -0.2) is 13.0 Å². The zero-order chi connectivity index (χ0) is 16.9. The topological polar surface area (TPSA) is 50.4 Å². The van der Waals surface area contributed by atoms with Gasteiger partial charge in [0.05, 0.1) is 24.8 Å². The third kappa shape index (κ3) is 4.38. The fourth-order valence-corrected chi connectivity index (χ4v) is 2.04. The molecule has 0 unspecified atom stereocenters. The highest BCUT2D eigenvalue weighted by molar-refractivity contribution is 5.80. The summed E-state index contributed by atoms with van der Waals surface area (Å²) < 4.78 is 43.7. The number of halogens is 3. The zero-order valence-electron chi connectivity index (χ0n) is 12.3. The summed E-state index contributed by atoms with van der Waals surface area (Å²) in [6.07, 6.45) is -4.53. The quantitative estimate of drug-likeness (QED) is 0.829. The standard InChI is InChI=1S/C16H15F3N2O2/c1-23-14-9-5-2-6-11(14)10-15(22)21-20-13-8-4-3-7-12(13)16(17,18)19/h2-9,20H,10H2,1H3,(H,21,22). The summed E-state index contributed by atoms with van der Waals surface area (Å²) in [7, 11) is 1.48. The van der Waals surface area contributed by atoms with Gasteiger partial charge in [-0.05, 0) is 18.2 Å². The maximum atomic E-state index is 12.8. The van der Waals surface area contributed by atoms with Gasteiger partial charge in [-0.15, -0.1) is 0 Å². The Bertz CT molecular complexity index is 687. The summed E-state index contributed by atoms with van der Waals surface area (Å²) in [5, 5.41) is 0. The Morgan fingerprint density at radius 3 is 2.43 bits per heavy atom. The average Bonchev–Trinajstić information content (AvgIpc) is 2.53. The third-order valence-electron chi connectivity index (χ3n) is 3.11. The van der Waals surface area contributed by atoms with E-state index in [0.717, 1.165) is 6.07 Å². The van der Waals surface area contributed by atoms with E-state index in [2.05, 4.69) is 10.9 Å². The summed E-state index contributed by atoms with van der Waals surface area (Å²) in [6, 6.07) is 11.8. The van der Waals surface area contributed by atoms with Crippen molar-refractivity contribution in [2.45, 2.75) is 12.6 Å². The first kappa shape index (κ1) is 16.7. The molecule has 0 aromatic heterocycles. The molecule has 0 spiro atoms. The molecule has 0 fully saturated rings. The molecule has 2 rings (SSSR count). The van der Waals surface area contributed by atoms with Gasteiger partial charge in [-0.2, -0.15) is 13.2 Å². The van der Waals surface area contributed by atoms with Crippen LogP contribution in [0.1, 0.15) is 11.1 Å². The minimum atomic E-state index is -4.50. The van der Waals surface area contributed by atoms with Gasteiger partial charge in [-0.3, -0.25) is 15.6 Å². The van der Waals surface area contributed by atoms with Crippen LogP contribution in [0.2, 0.25) is 0 Å². The molecule has 0 saturated carbocycles. The van der Waals surface area contributed by atoms with Crippen LogP contribution in [0.25, 0.3) is 0 Å². The summed E-state index contributed by atoms with van der Waals surface area (Å²) in [4.78, 5) is 11.9.